The van der Waals surface area contributed by atoms with Crippen LogP contribution < -0.4 is 5.73 Å². The Morgan fingerprint density at radius 1 is 1.21 bits per heavy atom. The van der Waals surface area contributed by atoms with Crippen LogP contribution in [0.3, 0.4) is 0 Å². The van der Waals surface area contributed by atoms with Crippen LogP contribution in [-0.2, 0) is 10.3 Å². The number of amides is 2. The van der Waals surface area contributed by atoms with Gasteiger partial charge < -0.3 is 10.6 Å². The van der Waals surface area contributed by atoms with Gasteiger partial charge in [-0.1, -0.05) is 0 Å². The van der Waals surface area contributed by atoms with E-state index in [0.717, 1.165) is 18.5 Å². The Bertz CT molecular complexity index is 632. The highest BCUT2D eigenvalue weighted by molar-refractivity contribution is 5.93. The molecule has 1 aliphatic heterocycles. The molecule has 2 heterocycles. The molecule has 2 N–H and O–H groups in total. The number of nitrogens with zero attached hydrogens (tertiary/aromatic N) is 3. The SMILES string of the molecule is CC(C)(C)n1nc(C2CC2)cc1C(=O)N1CCC(CC(N)=O)CC1. The van der Waals surface area contributed by atoms with Crippen LogP contribution in [0.25, 0.3) is 0 Å². The van der Waals surface area contributed by atoms with Gasteiger partial charge in [0, 0.05) is 25.4 Å². The highest BCUT2D eigenvalue weighted by Crippen LogP contribution is 2.40. The molecule has 6 nitrogen and oxygen atoms in total. The van der Waals surface area contributed by atoms with Gasteiger partial charge in [0.15, 0.2) is 0 Å². The molecule has 1 aliphatic carbocycles. The van der Waals surface area contributed by atoms with E-state index in [2.05, 4.69) is 20.8 Å². The van der Waals surface area contributed by atoms with Crippen LogP contribution in [-0.4, -0.2) is 39.6 Å². The third kappa shape index (κ3) is 3.62. The van der Waals surface area contributed by atoms with Crippen LogP contribution >= 0.6 is 0 Å². The van der Waals surface area contributed by atoms with Gasteiger partial charge in [-0.2, -0.15) is 5.10 Å². The number of hydrogen-bond donors (Lipinski definition) is 1. The van der Waals surface area contributed by atoms with Crippen molar-refractivity contribution in [3.05, 3.63) is 17.5 Å². The molecule has 2 fully saturated rings. The standard InChI is InChI=1S/C18H28N4O2/c1-18(2,3)22-15(11-14(20-22)13-4-5-13)17(24)21-8-6-12(7-9-21)10-16(19)23/h11-13H,4-10H2,1-3H3,(H2,19,23). The molecule has 1 aromatic heterocycles. The molecule has 1 saturated heterocycles. The summed E-state index contributed by atoms with van der Waals surface area (Å²) in [6.07, 6.45) is 4.45. The number of nitrogens with two attached hydrogens (primary N) is 1. The van der Waals surface area contributed by atoms with Gasteiger partial charge in [0.05, 0.1) is 11.2 Å². The van der Waals surface area contributed by atoms with E-state index in [1.807, 2.05) is 15.6 Å². The zero-order chi connectivity index (χ0) is 17.5. The summed E-state index contributed by atoms with van der Waals surface area (Å²) in [6, 6.07) is 1.99. The maximum absolute atomic E-state index is 13.0. The molecule has 1 saturated carbocycles. The van der Waals surface area contributed by atoms with Gasteiger partial charge in [0.2, 0.25) is 5.91 Å². The van der Waals surface area contributed by atoms with Gasteiger partial charge >= 0.3 is 0 Å². The minimum atomic E-state index is -0.250. The molecular weight excluding hydrogens is 304 g/mol. The van der Waals surface area contributed by atoms with Crippen LogP contribution in [0.2, 0.25) is 0 Å². The van der Waals surface area contributed by atoms with Gasteiger partial charge in [0.1, 0.15) is 5.69 Å². The lowest BCUT2D eigenvalue weighted by Crippen LogP contribution is -2.41. The van der Waals surface area contributed by atoms with Gasteiger partial charge in [-0.25, -0.2) is 0 Å². The van der Waals surface area contributed by atoms with Gasteiger partial charge in [-0.3, -0.25) is 14.3 Å². The zero-order valence-electron chi connectivity index (χ0n) is 14.9. The molecule has 0 radical (unpaired) electrons. The molecule has 0 unspecified atom stereocenters. The summed E-state index contributed by atoms with van der Waals surface area (Å²) >= 11 is 0. The Kier molecular flexibility index (Phi) is 4.40. The Morgan fingerprint density at radius 3 is 2.33 bits per heavy atom. The maximum atomic E-state index is 13.0. The van der Waals surface area contributed by atoms with E-state index >= 15 is 0 Å². The van der Waals surface area contributed by atoms with Crippen molar-refractivity contribution in [2.24, 2.45) is 11.7 Å². The van der Waals surface area contributed by atoms with Gasteiger partial charge in [-0.15, -0.1) is 0 Å². The zero-order valence-corrected chi connectivity index (χ0v) is 14.9. The largest absolute Gasteiger partial charge is 0.370 e. The van der Waals surface area contributed by atoms with E-state index in [-0.39, 0.29) is 17.4 Å². The molecular formula is C18H28N4O2. The predicted octanol–water partition coefficient (Wildman–Crippen LogP) is 2.24. The molecule has 132 valence electrons. The smallest absolute Gasteiger partial charge is 0.272 e. The lowest BCUT2D eigenvalue weighted by atomic mass is 9.93. The van der Waals surface area contributed by atoms with Crippen molar-refractivity contribution in [1.29, 1.82) is 0 Å². The molecule has 0 spiro atoms. The summed E-state index contributed by atoms with van der Waals surface area (Å²) in [6.45, 7) is 7.60. The first-order chi connectivity index (χ1) is 11.3. The van der Waals surface area contributed by atoms with Crippen molar-refractivity contribution in [3.8, 4) is 0 Å². The minimum absolute atomic E-state index is 0.0573. The molecule has 0 atom stereocenters. The van der Waals surface area contributed by atoms with E-state index in [1.54, 1.807) is 0 Å². The number of rotatable bonds is 4. The summed E-state index contributed by atoms with van der Waals surface area (Å²) < 4.78 is 1.89. The number of likely N-dealkylation sites (tertiary alicyclic amines) is 1. The van der Waals surface area contributed by atoms with Crippen LogP contribution in [0, 0.1) is 5.92 Å². The summed E-state index contributed by atoms with van der Waals surface area (Å²) in [5.41, 5.74) is 6.81. The van der Waals surface area contributed by atoms with E-state index in [9.17, 15) is 9.59 Å². The van der Waals surface area contributed by atoms with Crippen LogP contribution in [0.15, 0.2) is 6.07 Å². The van der Waals surface area contributed by atoms with E-state index in [0.29, 0.717) is 37.0 Å². The van der Waals surface area contributed by atoms with Crippen molar-refractivity contribution >= 4 is 11.8 Å². The first-order valence-corrected chi connectivity index (χ1v) is 8.93. The number of carbonyl (C=O) groups is 2. The summed E-state index contributed by atoms with van der Waals surface area (Å²) in [5.74, 6) is 0.643. The fourth-order valence-electron chi connectivity index (χ4n) is 3.43. The van der Waals surface area contributed by atoms with Crippen LogP contribution in [0.1, 0.15) is 75.0 Å². The van der Waals surface area contributed by atoms with Crippen molar-refractivity contribution in [3.63, 3.8) is 0 Å². The topological polar surface area (TPSA) is 81.2 Å². The fraction of sp³-hybridized carbons (Fsp3) is 0.722. The van der Waals surface area contributed by atoms with Crippen LogP contribution in [0.5, 0.6) is 0 Å². The summed E-state index contributed by atoms with van der Waals surface area (Å²) in [5, 5.41) is 4.72. The average molecular weight is 332 g/mol. The lowest BCUT2D eigenvalue weighted by Gasteiger charge is -2.32. The van der Waals surface area contributed by atoms with Gasteiger partial charge in [0.25, 0.3) is 5.91 Å². The number of aromatic nitrogens is 2. The molecule has 2 aliphatic rings. The second-order valence-corrected chi connectivity index (χ2v) is 8.22. The Hall–Kier alpha value is -1.85. The predicted molar refractivity (Wildman–Crippen MR) is 91.6 cm³/mol. The quantitative estimate of drug-likeness (QED) is 0.918. The number of carbonyl (C=O) groups excluding carboxylic acids is 2. The molecule has 24 heavy (non-hydrogen) atoms. The normalized spacial score (nSPS) is 19.5. The highest BCUT2D eigenvalue weighted by atomic mass is 16.2. The van der Waals surface area contributed by atoms with Crippen molar-refractivity contribution in [1.82, 2.24) is 14.7 Å². The molecule has 6 heteroatoms. The molecule has 2 amide bonds. The lowest BCUT2D eigenvalue weighted by molar-refractivity contribution is -0.119. The number of hydrogen-bond acceptors (Lipinski definition) is 3. The number of primary amides is 1. The third-order valence-corrected chi connectivity index (χ3v) is 4.97. The minimum Gasteiger partial charge on any atom is -0.370 e. The Labute approximate surface area is 143 Å². The monoisotopic (exact) mass is 332 g/mol. The van der Waals surface area contributed by atoms with Crippen molar-refractivity contribution in [2.45, 2.75) is 64.3 Å². The third-order valence-electron chi connectivity index (χ3n) is 4.97. The molecule has 0 aromatic carbocycles. The van der Waals surface area contributed by atoms with E-state index < -0.39 is 0 Å². The van der Waals surface area contributed by atoms with Crippen molar-refractivity contribution in [2.75, 3.05) is 13.1 Å². The average Bonchev–Trinajstić information content (AvgIpc) is 3.24. The fourth-order valence-corrected chi connectivity index (χ4v) is 3.43. The second-order valence-electron chi connectivity index (χ2n) is 8.22. The van der Waals surface area contributed by atoms with E-state index in [1.165, 1.54) is 12.8 Å². The summed E-state index contributed by atoms with van der Waals surface area (Å²) in [7, 11) is 0. The first kappa shape index (κ1) is 17.0. The Balaban J connectivity index is 1.74. The maximum Gasteiger partial charge on any atom is 0.272 e. The van der Waals surface area contributed by atoms with Gasteiger partial charge in [-0.05, 0) is 58.4 Å². The molecule has 3 rings (SSSR count). The summed E-state index contributed by atoms with van der Waals surface area (Å²) in [4.78, 5) is 26.0. The van der Waals surface area contributed by atoms with Crippen LogP contribution in [0.4, 0.5) is 0 Å². The molecule has 1 aromatic rings. The van der Waals surface area contributed by atoms with Crippen molar-refractivity contribution < 1.29 is 9.59 Å². The second kappa shape index (κ2) is 6.22. The molecule has 0 bridgehead atoms. The first-order valence-electron chi connectivity index (χ1n) is 8.93. The highest BCUT2D eigenvalue weighted by Gasteiger charge is 2.33. The Morgan fingerprint density at radius 2 is 1.83 bits per heavy atom. The van der Waals surface area contributed by atoms with E-state index in [4.69, 9.17) is 10.8 Å². The number of piperidine rings is 1.